The van der Waals surface area contributed by atoms with E-state index in [-0.39, 0.29) is 5.92 Å². The zero-order valence-corrected chi connectivity index (χ0v) is 10.2. The molecule has 0 saturated heterocycles. The van der Waals surface area contributed by atoms with E-state index in [1.54, 1.807) is 18.3 Å². The summed E-state index contributed by atoms with van der Waals surface area (Å²) in [5.74, 6) is -0.557. The molecule has 0 spiro atoms. The summed E-state index contributed by atoms with van der Waals surface area (Å²) in [6.45, 7) is 5.96. The van der Waals surface area contributed by atoms with Crippen LogP contribution in [-0.2, 0) is 11.2 Å². The largest absolute Gasteiger partial charge is 0.481 e. The third-order valence-corrected chi connectivity index (χ3v) is 3.30. The second kappa shape index (κ2) is 5.26. The van der Waals surface area contributed by atoms with Crippen molar-refractivity contribution in [2.75, 3.05) is 0 Å². The highest BCUT2D eigenvalue weighted by molar-refractivity contribution is 7.09. The summed E-state index contributed by atoms with van der Waals surface area (Å²) >= 11 is 1.63. The Labute approximate surface area is 94.2 Å². The Balaban J connectivity index is 2.47. The number of rotatable bonds is 5. The number of aliphatic carboxylic acids is 1. The number of hydrogen-bond donors (Lipinski definition) is 1. The molecule has 1 N–H and O–H groups in total. The maximum Gasteiger partial charge on any atom is 0.306 e. The van der Waals surface area contributed by atoms with Crippen LogP contribution in [0, 0.1) is 5.92 Å². The Morgan fingerprint density at radius 1 is 1.53 bits per heavy atom. The van der Waals surface area contributed by atoms with Gasteiger partial charge >= 0.3 is 5.97 Å². The molecule has 0 aliphatic heterocycles. The molecule has 1 aromatic rings. The predicted octanol–water partition coefficient (Wildman–Crippen LogP) is 2.92. The quantitative estimate of drug-likeness (QED) is 0.841. The van der Waals surface area contributed by atoms with Gasteiger partial charge in [0.1, 0.15) is 0 Å². The molecule has 84 valence electrons. The highest BCUT2D eigenvalue weighted by Crippen LogP contribution is 2.19. The van der Waals surface area contributed by atoms with Crippen LogP contribution < -0.4 is 0 Å². The minimum absolute atomic E-state index is 0.281. The van der Waals surface area contributed by atoms with Crippen molar-refractivity contribution < 1.29 is 9.90 Å². The van der Waals surface area contributed by atoms with Crippen molar-refractivity contribution in [3.8, 4) is 0 Å². The first-order chi connectivity index (χ1) is 7.00. The van der Waals surface area contributed by atoms with Crippen LogP contribution in [0.2, 0.25) is 0 Å². The van der Waals surface area contributed by atoms with Crippen LogP contribution >= 0.6 is 11.3 Å². The molecular formula is C11H17NO2S. The van der Waals surface area contributed by atoms with Crippen LogP contribution in [0.3, 0.4) is 0 Å². The first-order valence-electron chi connectivity index (χ1n) is 5.17. The highest BCUT2D eigenvalue weighted by Gasteiger charge is 2.12. The Morgan fingerprint density at radius 2 is 2.20 bits per heavy atom. The van der Waals surface area contributed by atoms with Crippen LogP contribution in [0.15, 0.2) is 5.38 Å². The molecule has 1 aromatic heterocycles. The number of carboxylic acids is 1. The van der Waals surface area contributed by atoms with Crippen molar-refractivity contribution >= 4 is 17.3 Å². The Hall–Kier alpha value is -0.900. The molecule has 0 aliphatic rings. The summed E-state index contributed by atoms with van der Waals surface area (Å²) in [6.07, 6.45) is 1.44. The van der Waals surface area contributed by atoms with E-state index in [9.17, 15) is 4.79 Å². The highest BCUT2D eigenvalue weighted by atomic mass is 32.1. The zero-order chi connectivity index (χ0) is 11.4. The Bertz CT molecular complexity index is 333. The predicted molar refractivity (Wildman–Crippen MR) is 61.3 cm³/mol. The van der Waals surface area contributed by atoms with Crippen LogP contribution in [0.4, 0.5) is 0 Å². The molecular weight excluding hydrogens is 210 g/mol. The van der Waals surface area contributed by atoms with Crippen LogP contribution in [0.1, 0.15) is 43.8 Å². The molecule has 0 amide bonds. The number of carbonyl (C=O) groups is 1. The SMILES string of the molecule is CC(CCc1nc(C(C)C)cs1)C(=O)O. The van der Waals surface area contributed by atoms with Crippen molar-refractivity contribution in [1.82, 2.24) is 4.98 Å². The zero-order valence-electron chi connectivity index (χ0n) is 9.36. The van der Waals surface area contributed by atoms with Gasteiger partial charge in [-0.2, -0.15) is 0 Å². The average Bonchev–Trinajstić information content (AvgIpc) is 2.62. The molecule has 4 heteroatoms. The summed E-state index contributed by atoms with van der Waals surface area (Å²) in [5, 5.41) is 11.8. The molecule has 0 aromatic carbocycles. The van der Waals surface area contributed by atoms with Crippen molar-refractivity contribution in [3.05, 3.63) is 16.1 Å². The molecule has 0 radical (unpaired) electrons. The molecule has 3 nitrogen and oxygen atoms in total. The third kappa shape index (κ3) is 3.63. The smallest absolute Gasteiger partial charge is 0.306 e. The van der Waals surface area contributed by atoms with Gasteiger partial charge in [-0.3, -0.25) is 4.79 Å². The van der Waals surface area contributed by atoms with Gasteiger partial charge in [0.15, 0.2) is 0 Å². The number of carboxylic acid groups (broad SMARTS) is 1. The molecule has 1 rings (SSSR count). The summed E-state index contributed by atoms with van der Waals surface area (Å²) < 4.78 is 0. The molecule has 15 heavy (non-hydrogen) atoms. The van der Waals surface area contributed by atoms with E-state index in [0.717, 1.165) is 17.1 Å². The number of nitrogens with zero attached hydrogens (tertiary/aromatic N) is 1. The standard InChI is InChI=1S/C11H17NO2S/c1-7(2)9-6-15-10(12-9)5-4-8(3)11(13)14/h6-8H,4-5H2,1-3H3,(H,13,14). The fourth-order valence-corrected chi connectivity index (χ4v) is 2.14. The molecule has 1 atom stereocenters. The van der Waals surface area contributed by atoms with Gasteiger partial charge in [-0.1, -0.05) is 20.8 Å². The molecule has 0 aliphatic carbocycles. The first-order valence-corrected chi connectivity index (χ1v) is 6.05. The summed E-state index contributed by atoms with van der Waals surface area (Å²) in [7, 11) is 0. The van der Waals surface area contributed by atoms with Crippen molar-refractivity contribution in [2.45, 2.75) is 39.5 Å². The van der Waals surface area contributed by atoms with E-state index in [1.165, 1.54) is 0 Å². The van der Waals surface area contributed by atoms with Gasteiger partial charge in [0.25, 0.3) is 0 Å². The molecule has 0 bridgehead atoms. The number of thiazole rings is 1. The normalized spacial score (nSPS) is 13.1. The molecule has 1 heterocycles. The van der Waals surface area contributed by atoms with E-state index in [2.05, 4.69) is 24.2 Å². The summed E-state index contributed by atoms with van der Waals surface area (Å²) in [6, 6.07) is 0. The van der Waals surface area contributed by atoms with Crippen LogP contribution in [0.5, 0.6) is 0 Å². The van der Waals surface area contributed by atoms with Crippen molar-refractivity contribution in [1.29, 1.82) is 0 Å². The van der Waals surface area contributed by atoms with E-state index in [1.807, 2.05) is 0 Å². The summed E-state index contributed by atoms with van der Waals surface area (Å²) in [4.78, 5) is 15.1. The van der Waals surface area contributed by atoms with Crippen molar-refractivity contribution in [2.24, 2.45) is 5.92 Å². The van der Waals surface area contributed by atoms with Crippen molar-refractivity contribution in [3.63, 3.8) is 0 Å². The maximum absolute atomic E-state index is 10.6. The van der Waals surface area contributed by atoms with E-state index < -0.39 is 5.97 Å². The van der Waals surface area contributed by atoms with E-state index in [0.29, 0.717) is 12.3 Å². The second-order valence-electron chi connectivity index (χ2n) is 4.10. The minimum Gasteiger partial charge on any atom is -0.481 e. The van der Waals surface area contributed by atoms with Gasteiger partial charge in [-0.25, -0.2) is 4.98 Å². The fourth-order valence-electron chi connectivity index (χ4n) is 1.17. The monoisotopic (exact) mass is 227 g/mol. The molecule has 0 fully saturated rings. The lowest BCUT2D eigenvalue weighted by Crippen LogP contribution is -2.10. The Morgan fingerprint density at radius 3 is 2.67 bits per heavy atom. The fraction of sp³-hybridized carbons (Fsp3) is 0.636. The molecule has 1 unspecified atom stereocenters. The van der Waals surface area contributed by atoms with E-state index in [4.69, 9.17) is 5.11 Å². The number of hydrogen-bond acceptors (Lipinski definition) is 3. The van der Waals surface area contributed by atoms with Gasteiger partial charge in [-0.15, -0.1) is 11.3 Å². The Kier molecular flexibility index (Phi) is 4.27. The lowest BCUT2D eigenvalue weighted by molar-refractivity contribution is -0.141. The van der Waals surface area contributed by atoms with Gasteiger partial charge < -0.3 is 5.11 Å². The van der Waals surface area contributed by atoms with Gasteiger partial charge in [0.05, 0.1) is 16.6 Å². The number of aryl methyl sites for hydroxylation is 1. The maximum atomic E-state index is 10.6. The van der Waals surface area contributed by atoms with Gasteiger partial charge in [-0.05, 0) is 12.3 Å². The van der Waals surface area contributed by atoms with Gasteiger partial charge in [0, 0.05) is 11.8 Å². The summed E-state index contributed by atoms with van der Waals surface area (Å²) in [5.41, 5.74) is 1.11. The second-order valence-corrected chi connectivity index (χ2v) is 5.04. The lowest BCUT2D eigenvalue weighted by Gasteiger charge is -2.03. The average molecular weight is 227 g/mol. The third-order valence-electron chi connectivity index (χ3n) is 2.37. The number of aromatic nitrogens is 1. The lowest BCUT2D eigenvalue weighted by atomic mass is 10.1. The van der Waals surface area contributed by atoms with Crippen LogP contribution in [0.25, 0.3) is 0 Å². The minimum atomic E-state index is -0.726. The van der Waals surface area contributed by atoms with Gasteiger partial charge in [0.2, 0.25) is 0 Å². The topological polar surface area (TPSA) is 50.2 Å². The first kappa shape index (κ1) is 12.2. The molecule has 0 saturated carbocycles. The van der Waals surface area contributed by atoms with Crippen LogP contribution in [-0.4, -0.2) is 16.1 Å². The van der Waals surface area contributed by atoms with E-state index >= 15 is 0 Å².